The summed E-state index contributed by atoms with van der Waals surface area (Å²) in [5.41, 5.74) is 2.23. The number of carbonyl (C=O) groups excluding carboxylic acids is 1. The predicted octanol–water partition coefficient (Wildman–Crippen LogP) is 3.05. The highest BCUT2D eigenvalue weighted by atomic mass is 35.5. The van der Waals surface area contributed by atoms with Gasteiger partial charge in [-0.1, -0.05) is 23.7 Å². The number of carbonyl (C=O) groups is 2. The van der Waals surface area contributed by atoms with Gasteiger partial charge in [-0.25, -0.2) is 4.79 Å². The summed E-state index contributed by atoms with van der Waals surface area (Å²) in [6.07, 6.45) is -0.482. The van der Waals surface area contributed by atoms with Crippen molar-refractivity contribution in [2.24, 2.45) is 0 Å². The van der Waals surface area contributed by atoms with Crippen LogP contribution in [0.5, 0.6) is 5.75 Å². The number of benzene rings is 1. The van der Waals surface area contributed by atoms with Gasteiger partial charge in [0.25, 0.3) is 0 Å². The lowest BCUT2D eigenvalue weighted by Crippen LogP contribution is -2.41. The Bertz CT molecular complexity index is 754. The van der Waals surface area contributed by atoms with Crippen molar-refractivity contribution in [3.8, 4) is 16.9 Å². The topological polar surface area (TPSA) is 71.8 Å². The Hall–Kier alpha value is -2.47. The molecule has 1 unspecified atom stereocenters. The molecular weight excluding hydrogens is 320 g/mol. The number of rotatable bonds is 3. The van der Waals surface area contributed by atoms with E-state index in [9.17, 15) is 14.7 Å². The van der Waals surface area contributed by atoms with E-state index >= 15 is 0 Å². The molecule has 7 heteroatoms. The fourth-order valence-corrected chi connectivity index (χ4v) is 3.20. The van der Waals surface area contributed by atoms with E-state index in [0.717, 1.165) is 21.8 Å². The first-order valence-corrected chi connectivity index (χ1v) is 7.42. The van der Waals surface area contributed by atoms with Gasteiger partial charge in [-0.2, -0.15) is 0 Å². The van der Waals surface area contributed by atoms with E-state index in [4.69, 9.17) is 16.3 Å². The van der Waals surface area contributed by atoms with E-state index in [1.807, 2.05) is 24.3 Å². The van der Waals surface area contributed by atoms with Crippen LogP contribution < -0.4 is 4.74 Å². The molecule has 0 radical (unpaired) electrons. The summed E-state index contributed by atoms with van der Waals surface area (Å²) in [7, 11) is 1.59. The Balaban J connectivity index is 2.05. The van der Waals surface area contributed by atoms with Crippen molar-refractivity contribution in [3.63, 3.8) is 0 Å². The molecule has 23 heavy (non-hydrogen) atoms. The summed E-state index contributed by atoms with van der Waals surface area (Å²) in [5.74, 6) is 0.733. The molecular formula is C16H15ClN2O4. The first-order chi connectivity index (χ1) is 11.1. The van der Waals surface area contributed by atoms with Crippen molar-refractivity contribution in [2.45, 2.75) is 12.6 Å². The molecule has 0 aliphatic carbocycles. The normalized spacial score (nSPS) is 16.8. The van der Waals surface area contributed by atoms with Crippen molar-refractivity contribution in [2.75, 3.05) is 13.7 Å². The number of halogens is 1. The van der Waals surface area contributed by atoms with Crippen molar-refractivity contribution < 1.29 is 19.4 Å². The summed E-state index contributed by atoms with van der Waals surface area (Å²) in [5, 5.41) is 9.73. The number of fused-ring (bicyclic) bond motifs is 1. The number of nitrogens with zero attached hydrogens (tertiary/aromatic N) is 2. The summed E-state index contributed by atoms with van der Waals surface area (Å²) >= 11 is 6.45. The van der Waals surface area contributed by atoms with Gasteiger partial charge in [0, 0.05) is 24.3 Å². The molecule has 2 heterocycles. The van der Waals surface area contributed by atoms with Crippen molar-refractivity contribution in [1.29, 1.82) is 0 Å². The number of methoxy groups -OCH3 is 1. The van der Waals surface area contributed by atoms with Gasteiger partial charge in [0.05, 0.1) is 7.11 Å². The van der Waals surface area contributed by atoms with Crippen LogP contribution >= 0.6 is 11.6 Å². The average molecular weight is 335 g/mol. The number of aldehydes is 1. The van der Waals surface area contributed by atoms with Crippen LogP contribution in [0.3, 0.4) is 0 Å². The molecule has 1 aromatic carbocycles. The minimum absolute atomic E-state index is 0.224. The van der Waals surface area contributed by atoms with Gasteiger partial charge >= 0.3 is 6.09 Å². The minimum atomic E-state index is -1.11. The maximum absolute atomic E-state index is 11.4. The molecule has 1 atom stereocenters. The molecule has 2 aromatic rings. The highest BCUT2D eigenvalue weighted by Gasteiger charge is 2.33. The third-order valence-corrected chi connectivity index (χ3v) is 4.45. The Morgan fingerprint density at radius 3 is 2.61 bits per heavy atom. The molecule has 1 aliphatic heterocycles. The summed E-state index contributed by atoms with van der Waals surface area (Å²) in [6, 6.07) is 8.32. The van der Waals surface area contributed by atoms with Crippen molar-refractivity contribution in [3.05, 3.63) is 41.2 Å². The first kappa shape index (κ1) is 15.4. The Labute approximate surface area is 137 Å². The SMILES string of the molecule is COc1ccc(-c2cc3n(c2Cl)CCN(C(=O)O)C3C=O)cc1. The summed E-state index contributed by atoms with van der Waals surface area (Å²) in [6.45, 7) is 0.642. The van der Waals surface area contributed by atoms with Crippen LogP contribution in [-0.2, 0) is 11.3 Å². The third kappa shape index (κ3) is 2.55. The molecule has 0 bridgehead atoms. The molecule has 0 fully saturated rings. The van der Waals surface area contributed by atoms with Crippen molar-refractivity contribution >= 4 is 24.0 Å². The van der Waals surface area contributed by atoms with E-state index < -0.39 is 12.1 Å². The zero-order chi connectivity index (χ0) is 16.6. The standard InChI is InChI=1S/C16H15ClN2O4/c1-23-11-4-2-10(3-5-11)12-8-13-14(9-20)19(16(21)22)7-6-18(13)15(12)17/h2-5,8-9,14H,6-7H2,1H3,(H,21,22). The lowest BCUT2D eigenvalue weighted by atomic mass is 10.1. The molecule has 3 rings (SSSR count). The van der Waals surface area contributed by atoms with Crippen LogP contribution in [0.25, 0.3) is 11.1 Å². The smallest absolute Gasteiger partial charge is 0.408 e. The largest absolute Gasteiger partial charge is 0.497 e. The molecule has 1 aliphatic rings. The lowest BCUT2D eigenvalue weighted by molar-refractivity contribution is -0.112. The van der Waals surface area contributed by atoms with Gasteiger partial charge < -0.3 is 19.2 Å². The zero-order valence-electron chi connectivity index (χ0n) is 12.4. The van der Waals surface area contributed by atoms with Gasteiger partial charge in [-0.05, 0) is 23.8 Å². The van der Waals surface area contributed by atoms with Crippen LogP contribution in [0.4, 0.5) is 4.79 Å². The van der Waals surface area contributed by atoms with Gasteiger partial charge in [0.2, 0.25) is 0 Å². The summed E-state index contributed by atoms with van der Waals surface area (Å²) < 4.78 is 6.93. The quantitative estimate of drug-likeness (QED) is 0.876. The van der Waals surface area contributed by atoms with Crippen LogP contribution in [0.15, 0.2) is 30.3 Å². The number of hydrogen-bond donors (Lipinski definition) is 1. The van der Waals surface area contributed by atoms with Crippen molar-refractivity contribution in [1.82, 2.24) is 9.47 Å². The molecule has 1 aromatic heterocycles. The first-order valence-electron chi connectivity index (χ1n) is 7.05. The molecule has 1 amide bonds. The monoisotopic (exact) mass is 334 g/mol. The third-order valence-electron chi connectivity index (χ3n) is 4.04. The molecule has 120 valence electrons. The Kier molecular flexibility index (Phi) is 4.00. The fraction of sp³-hybridized carbons (Fsp3) is 0.250. The van der Waals surface area contributed by atoms with Gasteiger partial charge in [-0.15, -0.1) is 0 Å². The second kappa shape index (κ2) is 5.96. The minimum Gasteiger partial charge on any atom is -0.497 e. The van der Waals surface area contributed by atoms with E-state index in [2.05, 4.69) is 0 Å². The highest BCUT2D eigenvalue weighted by Crippen LogP contribution is 2.37. The van der Waals surface area contributed by atoms with E-state index in [1.54, 1.807) is 17.7 Å². The van der Waals surface area contributed by atoms with Crippen LogP contribution in [0.1, 0.15) is 11.7 Å². The second-order valence-corrected chi connectivity index (χ2v) is 5.57. The molecule has 0 saturated heterocycles. The molecule has 0 saturated carbocycles. The van der Waals surface area contributed by atoms with E-state index in [1.165, 1.54) is 0 Å². The van der Waals surface area contributed by atoms with E-state index in [-0.39, 0.29) is 6.54 Å². The maximum Gasteiger partial charge on any atom is 0.408 e. The van der Waals surface area contributed by atoms with Gasteiger partial charge in [0.15, 0.2) is 0 Å². The summed E-state index contributed by atoms with van der Waals surface area (Å²) in [4.78, 5) is 23.8. The van der Waals surface area contributed by atoms with Crippen LogP contribution in [-0.4, -0.2) is 40.6 Å². The maximum atomic E-state index is 11.4. The number of carboxylic acid groups (broad SMARTS) is 1. The number of aromatic nitrogens is 1. The van der Waals surface area contributed by atoms with Crippen LogP contribution in [0, 0.1) is 0 Å². The number of amides is 1. The molecule has 0 spiro atoms. The Morgan fingerprint density at radius 1 is 1.35 bits per heavy atom. The zero-order valence-corrected chi connectivity index (χ0v) is 13.2. The highest BCUT2D eigenvalue weighted by molar-refractivity contribution is 6.32. The molecule has 1 N–H and O–H groups in total. The molecule has 6 nitrogen and oxygen atoms in total. The van der Waals surface area contributed by atoms with Gasteiger partial charge in [0.1, 0.15) is 23.2 Å². The predicted molar refractivity (Wildman–Crippen MR) is 85.0 cm³/mol. The van der Waals surface area contributed by atoms with E-state index in [0.29, 0.717) is 23.7 Å². The Morgan fingerprint density at radius 2 is 2.04 bits per heavy atom. The average Bonchev–Trinajstić information content (AvgIpc) is 2.91. The number of hydrogen-bond acceptors (Lipinski definition) is 3. The number of ether oxygens (including phenoxy) is 1. The second-order valence-electron chi connectivity index (χ2n) is 5.21. The fourth-order valence-electron chi connectivity index (χ4n) is 2.85. The lowest BCUT2D eigenvalue weighted by Gasteiger charge is -2.31. The van der Waals surface area contributed by atoms with Crippen LogP contribution in [0.2, 0.25) is 5.15 Å². The van der Waals surface area contributed by atoms with Gasteiger partial charge in [-0.3, -0.25) is 4.90 Å².